The number of hydrogen-bond donors (Lipinski definition) is 2. The van der Waals surface area contributed by atoms with Crippen LogP contribution in [0.15, 0.2) is 152 Å². The number of nitrogens with zero attached hydrogens (tertiary/aromatic N) is 1. The number of nitrogens with one attached hydrogen (secondary N) is 1. The summed E-state index contributed by atoms with van der Waals surface area (Å²) >= 11 is 0. The summed E-state index contributed by atoms with van der Waals surface area (Å²) in [5, 5.41) is 14.9. The van der Waals surface area contributed by atoms with E-state index in [1.807, 2.05) is 48.5 Å². The fraction of sp³-hybridized carbons (Fsp3) is 0.410. The predicted octanol–water partition coefficient (Wildman–Crippen LogP) is 14.5. The first-order valence-corrected chi connectivity index (χ1v) is 28.3. The van der Waals surface area contributed by atoms with Gasteiger partial charge in [-0.3, -0.25) is 4.90 Å². The average molecular weight is 949 g/mol. The topological polar surface area (TPSA) is 72.4 Å². The molecule has 8 heteroatoms. The molecule has 7 nitrogen and oxygen atoms in total. The molecule has 0 unspecified atom stereocenters. The Bertz CT molecular complexity index is 2330. The molecule has 6 aromatic carbocycles. The quantitative estimate of drug-likeness (QED) is 0.0394. The van der Waals surface area contributed by atoms with Gasteiger partial charge < -0.3 is 29.1 Å². The summed E-state index contributed by atoms with van der Waals surface area (Å²) in [5.74, 6) is 2.91. The minimum atomic E-state index is -2.17. The third-order valence-corrected chi connectivity index (χ3v) is 18.1. The van der Waals surface area contributed by atoms with Crippen LogP contribution in [0.3, 0.4) is 0 Å². The van der Waals surface area contributed by atoms with Gasteiger partial charge in [-0.2, -0.15) is 0 Å². The molecule has 0 heterocycles. The molecule has 0 spiro atoms. The van der Waals surface area contributed by atoms with Crippen molar-refractivity contribution in [1.29, 1.82) is 0 Å². The lowest BCUT2D eigenvalue weighted by Crippen LogP contribution is -2.43. The number of ether oxygens (including phenoxy) is 3. The van der Waals surface area contributed by atoms with Gasteiger partial charge in [-0.25, -0.2) is 0 Å². The number of hydrogen-bond acceptors (Lipinski definition) is 7. The van der Waals surface area contributed by atoms with E-state index < -0.39 is 8.32 Å². The number of rotatable bonds is 27. The molecule has 0 amide bonds. The van der Waals surface area contributed by atoms with Crippen molar-refractivity contribution in [2.75, 3.05) is 26.2 Å². The van der Waals surface area contributed by atoms with Crippen molar-refractivity contribution in [3.8, 4) is 23.0 Å². The zero-order chi connectivity index (χ0) is 49.2. The molecule has 0 bridgehead atoms. The van der Waals surface area contributed by atoms with Crippen molar-refractivity contribution < 1.29 is 23.7 Å². The second kappa shape index (κ2) is 26.0. The van der Waals surface area contributed by atoms with Crippen LogP contribution in [0.4, 0.5) is 0 Å². The Balaban J connectivity index is 1.02. The average Bonchev–Trinajstić information content (AvgIpc) is 3.33. The molecule has 0 aliphatic rings. The van der Waals surface area contributed by atoms with Crippen molar-refractivity contribution in [2.45, 2.75) is 136 Å². The van der Waals surface area contributed by atoms with Gasteiger partial charge in [0.15, 0.2) is 0 Å². The minimum absolute atomic E-state index is 0.0376. The first-order chi connectivity index (χ1) is 33.1. The van der Waals surface area contributed by atoms with Crippen LogP contribution in [-0.4, -0.2) is 56.6 Å². The number of phenols is 1. The van der Waals surface area contributed by atoms with Crippen molar-refractivity contribution in [3.63, 3.8) is 0 Å². The van der Waals surface area contributed by atoms with Crippen molar-refractivity contribution in [1.82, 2.24) is 10.2 Å². The van der Waals surface area contributed by atoms with Gasteiger partial charge in [-0.15, -0.1) is 18.1 Å². The Hall–Kier alpha value is -5.38. The second-order valence-electron chi connectivity index (χ2n) is 20.6. The van der Waals surface area contributed by atoms with Gasteiger partial charge in [-0.05, 0) is 145 Å². The highest BCUT2D eigenvalue weighted by molar-refractivity contribution is 6.74. The lowest BCUT2D eigenvalue weighted by molar-refractivity contribution is 0.170. The van der Waals surface area contributed by atoms with Crippen LogP contribution >= 0.6 is 0 Å². The van der Waals surface area contributed by atoms with Crippen molar-refractivity contribution >= 4 is 8.32 Å². The third-order valence-electron chi connectivity index (χ3n) is 13.7. The van der Waals surface area contributed by atoms with Crippen LogP contribution in [0.5, 0.6) is 23.0 Å². The SMILES string of the molecule is CC(C)N(CC[C@H](c1ccccc1)c1cc(CCCCOc2ccc(CCNC[C@H](O[Si-](C)(C)C(C)(C)C)c3cc(OCc4ccccc4)cc(OCc4ccccc4)c3)cc2)ccc1O)C(C)C. The van der Waals surface area contributed by atoms with Gasteiger partial charge >= 0.3 is 0 Å². The fourth-order valence-electron chi connectivity index (χ4n) is 8.64. The monoisotopic (exact) mass is 949 g/mol. The van der Waals surface area contributed by atoms with Crippen LogP contribution < -0.4 is 19.5 Å². The molecular weight excluding hydrogens is 869 g/mol. The molecule has 369 valence electrons. The Kier molecular flexibility index (Phi) is 20.0. The minimum Gasteiger partial charge on any atom is -0.558 e. The highest BCUT2D eigenvalue weighted by Crippen LogP contribution is 2.41. The van der Waals surface area contributed by atoms with E-state index in [-0.39, 0.29) is 17.1 Å². The summed E-state index contributed by atoms with van der Waals surface area (Å²) in [6.45, 7) is 24.6. The summed E-state index contributed by atoms with van der Waals surface area (Å²) in [4.78, 5) is 2.54. The Morgan fingerprint density at radius 2 is 1.14 bits per heavy atom. The number of unbranched alkanes of at least 4 members (excludes halogenated alkanes) is 1. The second-order valence-corrected chi connectivity index (χ2v) is 25.4. The molecule has 0 aromatic heterocycles. The van der Waals surface area contributed by atoms with E-state index in [1.165, 1.54) is 16.7 Å². The summed E-state index contributed by atoms with van der Waals surface area (Å²) in [5.41, 5.74) is 8.03. The normalized spacial score (nSPS) is 12.9. The molecule has 2 N–H and O–H groups in total. The molecular formula is C61H80N2O5Si-. The molecule has 6 aromatic rings. The number of aryl methyl sites for hydroxylation is 1. The first-order valence-electron chi connectivity index (χ1n) is 25.4. The number of benzene rings is 6. The Morgan fingerprint density at radius 3 is 1.71 bits per heavy atom. The van der Waals surface area contributed by atoms with Crippen LogP contribution in [-0.2, 0) is 30.5 Å². The lowest BCUT2D eigenvalue weighted by Gasteiger charge is -2.51. The van der Waals surface area contributed by atoms with E-state index >= 15 is 0 Å². The van der Waals surface area contributed by atoms with Crippen molar-refractivity contribution in [3.05, 3.63) is 191 Å². The molecule has 0 saturated carbocycles. The summed E-state index contributed by atoms with van der Waals surface area (Å²) in [6.07, 6.45) is 4.52. The van der Waals surface area contributed by atoms with Crippen molar-refractivity contribution in [2.24, 2.45) is 0 Å². The zero-order valence-corrected chi connectivity index (χ0v) is 44.0. The van der Waals surface area contributed by atoms with E-state index in [0.717, 1.165) is 84.7 Å². The van der Waals surface area contributed by atoms with Crippen LogP contribution in [0.25, 0.3) is 0 Å². The van der Waals surface area contributed by atoms with E-state index in [9.17, 15) is 5.11 Å². The first kappa shape index (κ1) is 53.0. The molecule has 0 radical (unpaired) electrons. The van der Waals surface area contributed by atoms with Gasteiger partial charge in [0.2, 0.25) is 0 Å². The predicted molar refractivity (Wildman–Crippen MR) is 288 cm³/mol. The third kappa shape index (κ3) is 16.6. The summed E-state index contributed by atoms with van der Waals surface area (Å²) in [6, 6.07) is 53.1. The standard InChI is InChI=1S/C61H80N2O5Si/c1-46(2)63(47(3)4)37-35-57(52-26-17-12-18-27-52)58-39-49(30-33-59(58)64)21-19-20-38-65-54-31-28-48(29-32-54)34-36-62-43-60(68-69(8,9)61(5,6)7)53-40-55(66-44-50-22-13-10-14-23-50)42-56(41-53)67-45-51-24-15-11-16-25-51/h10-18,22-33,39-42,46-47,57,60,62,64H,19-21,34-38,43-45H2,1-9H3/q-1/t57-,60+/m1/s1. The maximum absolute atomic E-state index is 11.1. The maximum Gasteiger partial charge on any atom is 0.123 e. The van der Waals surface area contributed by atoms with Gasteiger partial charge in [0.05, 0.1) is 12.7 Å². The number of phenolic OH excluding ortho intramolecular Hbond substituents is 1. The molecule has 69 heavy (non-hydrogen) atoms. The van der Waals surface area contributed by atoms with E-state index in [1.54, 1.807) is 0 Å². The summed E-state index contributed by atoms with van der Waals surface area (Å²) < 4.78 is 26.2. The molecule has 6 rings (SSSR count). The fourth-order valence-corrected chi connectivity index (χ4v) is 9.93. The molecule has 0 aliphatic carbocycles. The molecule has 0 saturated heterocycles. The molecule has 0 fully saturated rings. The van der Waals surface area contributed by atoms with Gasteiger partial charge in [-0.1, -0.05) is 136 Å². The maximum atomic E-state index is 11.1. The van der Waals surface area contributed by atoms with E-state index in [0.29, 0.717) is 44.2 Å². The van der Waals surface area contributed by atoms with Crippen LogP contribution in [0, 0.1) is 0 Å². The number of aromatic hydroxyl groups is 1. The lowest BCUT2D eigenvalue weighted by atomic mass is 9.86. The van der Waals surface area contributed by atoms with Crippen LogP contribution in [0.1, 0.15) is 119 Å². The van der Waals surface area contributed by atoms with Gasteiger partial charge in [0, 0.05) is 36.2 Å². The molecule has 2 atom stereocenters. The Labute approximate surface area is 416 Å². The smallest absolute Gasteiger partial charge is 0.123 e. The highest BCUT2D eigenvalue weighted by atomic mass is 28.4. The van der Waals surface area contributed by atoms with Crippen LogP contribution in [0.2, 0.25) is 18.1 Å². The largest absolute Gasteiger partial charge is 0.558 e. The van der Waals surface area contributed by atoms with E-state index in [4.69, 9.17) is 18.6 Å². The Morgan fingerprint density at radius 1 is 0.580 bits per heavy atom. The molecule has 0 aliphatic heterocycles. The zero-order valence-electron chi connectivity index (χ0n) is 43.0. The summed E-state index contributed by atoms with van der Waals surface area (Å²) in [7, 11) is -2.17. The van der Waals surface area contributed by atoms with Gasteiger partial charge in [0.1, 0.15) is 36.2 Å². The van der Waals surface area contributed by atoms with E-state index in [2.05, 4.69) is 175 Å². The van der Waals surface area contributed by atoms with Gasteiger partial charge in [0.25, 0.3) is 0 Å². The highest BCUT2D eigenvalue weighted by Gasteiger charge is 2.29.